The molecule has 11 saturated heterocycles. The molecule has 0 aromatic carbocycles. The van der Waals surface area contributed by atoms with Crippen LogP contribution in [-0.2, 0) is 0 Å². The molecule has 0 radical (unpaired) electrons. The van der Waals surface area contributed by atoms with Crippen molar-refractivity contribution in [2.75, 3.05) is 170 Å². The maximum absolute atomic E-state index is 2.67. The SMILES string of the molecule is CC(C)C1=CCCN(C(C)C)C1.CC(C)C1=CCN(C(C)C)CC1.CC(C)C1CC2(C1)CN(C(C)C)C2.CC(C)C1CCN(C(C)C)C(C)C1.CC(C)C1CCN(C(C)C)CC1.CC(C)C1CN(C(C)C)C1.CC(C)N1CC2(C1)CN(C(C)C)C2.CC(C)N1CCC2(CC1)CCN(C(C)C)C2.CC(C)N1CCC2(CC1)CN(C(C)C)C2.CC(C)N1CCN(C(C)C)C(C)C1. The summed E-state index contributed by atoms with van der Waals surface area (Å²) in [5.41, 5.74) is 6.13. The van der Waals surface area contributed by atoms with Gasteiger partial charge in [0.25, 0.3) is 0 Å². The number of likely N-dealkylation sites (tertiary alicyclic amines) is 10. The van der Waals surface area contributed by atoms with Crippen LogP contribution in [0.4, 0.5) is 0 Å². The molecule has 14 heteroatoms. The normalized spacial score (nSPS) is 25.8. The van der Waals surface area contributed by atoms with Gasteiger partial charge in [0, 0.05) is 220 Å². The van der Waals surface area contributed by atoms with Crippen molar-refractivity contribution in [1.29, 1.82) is 0 Å². The molecule has 762 valence electrons. The van der Waals surface area contributed by atoms with Gasteiger partial charge in [0.1, 0.15) is 0 Å². The Morgan fingerprint density at radius 2 is 0.581 bits per heavy atom. The third-order valence-electron chi connectivity index (χ3n) is 34.9. The molecular weight excluding hydrogens is 1580 g/mol. The van der Waals surface area contributed by atoms with Crippen LogP contribution in [0.2, 0.25) is 0 Å². The van der Waals surface area contributed by atoms with Crippen LogP contribution < -0.4 is 0 Å². The second-order valence-corrected chi connectivity index (χ2v) is 51.3. The molecule has 13 heterocycles. The Labute approximate surface area is 809 Å². The average Bonchev–Trinajstić information content (AvgIpc) is 0.932. The Bertz CT molecular complexity index is 2820. The Morgan fingerprint density at radius 3 is 0.915 bits per heavy atom. The van der Waals surface area contributed by atoms with Gasteiger partial charge < -0.3 is 24.5 Å². The molecule has 3 unspecified atom stereocenters. The lowest BCUT2D eigenvalue weighted by molar-refractivity contribution is -0.135. The molecule has 1 aliphatic carbocycles. The van der Waals surface area contributed by atoms with Gasteiger partial charge in [-0.25, -0.2) is 0 Å². The van der Waals surface area contributed by atoms with Gasteiger partial charge in [-0.1, -0.05) is 106 Å². The highest BCUT2D eigenvalue weighted by atomic mass is 15.3. The van der Waals surface area contributed by atoms with E-state index in [0.717, 1.165) is 144 Å². The molecule has 0 bridgehead atoms. The zero-order valence-corrected chi connectivity index (χ0v) is 95.0. The third kappa shape index (κ3) is 38.1. The fourth-order valence-electron chi connectivity index (χ4n) is 23.5. The summed E-state index contributed by atoms with van der Waals surface area (Å²) < 4.78 is 0. The second kappa shape index (κ2) is 55.8. The van der Waals surface area contributed by atoms with Crippen LogP contribution in [0.5, 0.6) is 0 Å². The van der Waals surface area contributed by atoms with Gasteiger partial charge in [0.15, 0.2) is 0 Å². The maximum Gasteiger partial charge on any atom is 0.0212 e. The number of hydrogen-bond acceptors (Lipinski definition) is 14. The van der Waals surface area contributed by atoms with Gasteiger partial charge >= 0.3 is 0 Å². The quantitative estimate of drug-likeness (QED) is 0.109. The van der Waals surface area contributed by atoms with Crippen molar-refractivity contribution in [2.24, 2.45) is 80.8 Å². The molecule has 129 heavy (non-hydrogen) atoms. The predicted molar refractivity (Wildman–Crippen MR) is 572 cm³/mol. The second-order valence-electron chi connectivity index (χ2n) is 51.3. The van der Waals surface area contributed by atoms with E-state index in [1.807, 2.05) is 0 Å². The summed E-state index contributed by atoms with van der Waals surface area (Å²) in [6, 6.07) is 11.8. The Balaban J connectivity index is 0.000000254. The summed E-state index contributed by atoms with van der Waals surface area (Å²) in [6.45, 7) is 131. The standard InChI is InChI=1S/C14H28N2.C13H26N2.C12H23N.C12H25N.C11H22N2.C11H24N2.C11H23N.2C11H21N.C9H19N/c1-12(2)15-8-5-14(6-9-15)7-10-16(11-14)13(3)4;1-11(2)14-7-5-13(6-8-14)9-15(10-13)12(3)4;1-9(2)11-5-12(6-11)7-13(8-12)10(3)4;1-9(2)12-6-7-13(10(3)4)11(5)8-12;1-9(2)12-5-11(6-12)7-13(8-11)10(3)4;1-9(2)12-6-7-13(10(3)4)11(5)8-12;2*1-9(2)11-5-7-12(8-6-11)10(3)4;1-9(2)11-6-5-7-12(8-11)10(3)4;1-7(2)9-5-10(6-9)8(3)4/h12-13H,5-11H2,1-4H3;11-12H,5-10H2,1-4H3;9-11H,5-8H2,1-4H3;9-12H,6-8H2,1-5H3;9-10H,5-8H2,1-4H3;9-11H,6-8H2,1-5H3;9-11H,5-8H2,1-4H3;5,9-10H,6-8H2,1-4H3;6,9-10H,5,7-8H2,1-4H3;7-9H,5-6H2,1-4H3. The first kappa shape index (κ1) is 118. The van der Waals surface area contributed by atoms with E-state index < -0.39 is 0 Å². The number of piperidine rings is 4. The molecule has 0 N–H and O–H groups in total. The molecule has 0 amide bonds. The van der Waals surface area contributed by atoms with E-state index >= 15 is 0 Å². The number of rotatable bonds is 20. The van der Waals surface area contributed by atoms with Gasteiger partial charge in [-0.2, -0.15) is 0 Å². The van der Waals surface area contributed by atoms with Crippen molar-refractivity contribution in [3.63, 3.8) is 0 Å². The van der Waals surface area contributed by atoms with E-state index in [4.69, 9.17) is 0 Å². The lowest BCUT2D eigenvalue weighted by atomic mass is 9.55. The summed E-state index contributed by atoms with van der Waals surface area (Å²) in [5.74, 6) is 9.00. The highest BCUT2D eigenvalue weighted by Crippen LogP contribution is 2.55. The van der Waals surface area contributed by atoms with Crippen LogP contribution in [0.3, 0.4) is 0 Å². The Hall–Kier alpha value is -1.08. The minimum atomic E-state index is 0.676. The van der Waals surface area contributed by atoms with Crippen molar-refractivity contribution in [2.45, 2.75) is 471 Å². The largest absolute Gasteiger partial charge is 0.301 e. The molecule has 14 rings (SSSR count). The van der Waals surface area contributed by atoms with Crippen LogP contribution in [0.1, 0.15) is 374 Å². The van der Waals surface area contributed by atoms with Crippen molar-refractivity contribution in [3.8, 4) is 0 Å². The average molecular weight is 1810 g/mol. The zero-order chi connectivity index (χ0) is 97.2. The first-order valence-electron chi connectivity index (χ1n) is 55.9. The van der Waals surface area contributed by atoms with E-state index in [0.29, 0.717) is 40.4 Å². The number of hydrogen-bond donors (Lipinski definition) is 0. The zero-order valence-electron chi connectivity index (χ0n) is 95.0. The van der Waals surface area contributed by atoms with Gasteiger partial charge in [-0.05, 0) is 419 Å². The smallest absolute Gasteiger partial charge is 0.0212 e. The monoisotopic (exact) mass is 1810 g/mol. The van der Waals surface area contributed by atoms with E-state index in [1.165, 1.54) is 247 Å². The summed E-state index contributed by atoms with van der Waals surface area (Å²) in [6.07, 6.45) is 23.1. The molecule has 1 saturated carbocycles. The first-order chi connectivity index (χ1) is 60.1. The molecule has 12 fully saturated rings. The lowest BCUT2D eigenvalue weighted by Gasteiger charge is -2.62. The molecule has 14 nitrogen and oxygen atoms in total. The fraction of sp³-hybridized carbons (Fsp3) is 0.965. The van der Waals surface area contributed by atoms with Gasteiger partial charge in [0.2, 0.25) is 0 Å². The van der Waals surface area contributed by atoms with E-state index in [1.54, 1.807) is 11.1 Å². The lowest BCUT2D eigenvalue weighted by Crippen LogP contribution is -2.73. The summed E-state index contributed by atoms with van der Waals surface area (Å²) >= 11 is 0. The van der Waals surface area contributed by atoms with Crippen molar-refractivity contribution < 1.29 is 0 Å². The minimum absolute atomic E-state index is 0.676. The maximum atomic E-state index is 2.67. The number of nitrogens with zero attached hydrogens (tertiary/aromatic N) is 14. The molecule has 0 aromatic heterocycles. The molecule has 3 atom stereocenters. The van der Waals surface area contributed by atoms with Crippen LogP contribution in [0.15, 0.2) is 23.3 Å². The van der Waals surface area contributed by atoms with Crippen molar-refractivity contribution in [3.05, 3.63) is 23.3 Å². The summed E-state index contributed by atoms with van der Waals surface area (Å²) in [5, 5.41) is 0. The highest BCUT2D eigenvalue weighted by Gasteiger charge is 2.54. The number of piperazine rings is 1. The van der Waals surface area contributed by atoms with E-state index in [9.17, 15) is 0 Å². The molecule has 0 aromatic rings. The third-order valence-corrected chi connectivity index (χ3v) is 34.9. The Morgan fingerprint density at radius 1 is 0.240 bits per heavy atom. The molecular formula is C115H232N14. The summed E-state index contributed by atoms with van der Waals surface area (Å²) in [4.78, 5) is 36.3. The van der Waals surface area contributed by atoms with Crippen molar-refractivity contribution >= 4 is 0 Å². The predicted octanol–water partition coefficient (Wildman–Crippen LogP) is 24.0. The fourth-order valence-corrected chi connectivity index (χ4v) is 23.5. The molecule has 14 aliphatic rings. The van der Waals surface area contributed by atoms with Crippen LogP contribution in [0, 0.1) is 80.8 Å². The highest BCUT2D eigenvalue weighted by molar-refractivity contribution is 5.12. The van der Waals surface area contributed by atoms with E-state index in [-0.39, 0.29) is 0 Å². The molecule has 4 spiro atoms. The van der Waals surface area contributed by atoms with Crippen molar-refractivity contribution in [1.82, 2.24) is 68.6 Å². The molecule has 13 aliphatic heterocycles. The first-order valence-corrected chi connectivity index (χ1v) is 55.9. The topological polar surface area (TPSA) is 45.4 Å². The van der Waals surface area contributed by atoms with Gasteiger partial charge in [-0.15, -0.1) is 0 Å². The van der Waals surface area contributed by atoms with Gasteiger partial charge in [-0.3, -0.25) is 44.1 Å². The minimum Gasteiger partial charge on any atom is -0.301 e. The summed E-state index contributed by atoms with van der Waals surface area (Å²) in [7, 11) is 0. The van der Waals surface area contributed by atoms with E-state index in [2.05, 4.69) is 372 Å². The van der Waals surface area contributed by atoms with Crippen LogP contribution >= 0.6 is 0 Å². The Kier molecular flexibility index (Phi) is 51.2. The van der Waals surface area contributed by atoms with Crippen LogP contribution in [-0.4, -0.2) is 335 Å². The van der Waals surface area contributed by atoms with Crippen LogP contribution in [0.25, 0.3) is 0 Å². The van der Waals surface area contributed by atoms with Gasteiger partial charge in [0.05, 0.1) is 0 Å².